The van der Waals surface area contributed by atoms with E-state index in [4.69, 9.17) is 0 Å². The summed E-state index contributed by atoms with van der Waals surface area (Å²) in [5, 5.41) is 10.5. The maximum absolute atomic E-state index is 13.8. The SMILES string of the molecule is O=C(c1c(O)cccc1F)N(CCCBr)C1CCC1. The van der Waals surface area contributed by atoms with Gasteiger partial charge in [-0.25, -0.2) is 4.39 Å². The van der Waals surface area contributed by atoms with Crippen molar-refractivity contribution in [1.82, 2.24) is 4.90 Å². The van der Waals surface area contributed by atoms with E-state index < -0.39 is 11.7 Å². The molecule has 1 fully saturated rings. The third-order valence-corrected chi connectivity index (χ3v) is 4.08. The lowest BCUT2D eigenvalue weighted by molar-refractivity contribution is 0.0573. The van der Waals surface area contributed by atoms with Gasteiger partial charge in [-0.3, -0.25) is 4.79 Å². The Labute approximate surface area is 120 Å². The van der Waals surface area contributed by atoms with Crippen molar-refractivity contribution in [1.29, 1.82) is 0 Å². The molecule has 0 atom stereocenters. The van der Waals surface area contributed by atoms with Gasteiger partial charge in [-0.05, 0) is 37.8 Å². The van der Waals surface area contributed by atoms with Crippen molar-refractivity contribution in [3.8, 4) is 5.75 Å². The summed E-state index contributed by atoms with van der Waals surface area (Å²) in [6.07, 6.45) is 3.84. The summed E-state index contributed by atoms with van der Waals surface area (Å²) in [7, 11) is 0. The molecule has 0 unspecified atom stereocenters. The van der Waals surface area contributed by atoms with Gasteiger partial charge in [-0.15, -0.1) is 0 Å². The number of halogens is 2. The Morgan fingerprint density at radius 1 is 1.47 bits per heavy atom. The number of benzene rings is 1. The van der Waals surface area contributed by atoms with Crippen molar-refractivity contribution in [2.75, 3.05) is 11.9 Å². The van der Waals surface area contributed by atoms with Gasteiger partial charge in [0.15, 0.2) is 0 Å². The molecule has 0 aromatic heterocycles. The summed E-state index contributed by atoms with van der Waals surface area (Å²) in [5.41, 5.74) is -0.205. The third-order valence-electron chi connectivity index (χ3n) is 3.51. The standard InChI is InChI=1S/C14H17BrFNO2/c15-8-3-9-17(10-4-1-5-10)14(19)13-11(16)6-2-7-12(13)18/h2,6-7,10,18H,1,3-5,8-9H2. The van der Waals surface area contributed by atoms with E-state index in [0.717, 1.165) is 31.0 Å². The molecule has 19 heavy (non-hydrogen) atoms. The van der Waals surface area contributed by atoms with E-state index in [2.05, 4.69) is 15.9 Å². The Morgan fingerprint density at radius 3 is 2.74 bits per heavy atom. The van der Waals surface area contributed by atoms with Crippen LogP contribution in [0.4, 0.5) is 4.39 Å². The largest absolute Gasteiger partial charge is 0.507 e. The van der Waals surface area contributed by atoms with Crippen molar-refractivity contribution >= 4 is 21.8 Å². The molecule has 0 bridgehead atoms. The van der Waals surface area contributed by atoms with Crippen LogP contribution in [0.25, 0.3) is 0 Å². The number of aromatic hydroxyl groups is 1. The third kappa shape index (κ3) is 3.08. The van der Waals surface area contributed by atoms with Crippen LogP contribution in [0.5, 0.6) is 5.75 Å². The fraction of sp³-hybridized carbons (Fsp3) is 0.500. The first-order chi connectivity index (χ1) is 9.15. The zero-order valence-electron chi connectivity index (χ0n) is 10.6. The van der Waals surface area contributed by atoms with E-state index in [1.54, 1.807) is 4.90 Å². The van der Waals surface area contributed by atoms with Crippen LogP contribution in [0.2, 0.25) is 0 Å². The van der Waals surface area contributed by atoms with Crippen molar-refractivity contribution < 1.29 is 14.3 Å². The minimum atomic E-state index is -0.659. The predicted molar refractivity (Wildman–Crippen MR) is 75.2 cm³/mol. The molecule has 1 saturated carbocycles. The van der Waals surface area contributed by atoms with Gasteiger partial charge in [-0.1, -0.05) is 22.0 Å². The van der Waals surface area contributed by atoms with E-state index in [9.17, 15) is 14.3 Å². The molecule has 3 nitrogen and oxygen atoms in total. The van der Waals surface area contributed by atoms with Gasteiger partial charge in [0, 0.05) is 17.9 Å². The highest BCUT2D eigenvalue weighted by Crippen LogP contribution is 2.29. The minimum Gasteiger partial charge on any atom is -0.507 e. The topological polar surface area (TPSA) is 40.5 Å². The van der Waals surface area contributed by atoms with Crippen LogP contribution < -0.4 is 0 Å². The number of carbonyl (C=O) groups excluding carboxylic acids is 1. The second kappa shape index (κ2) is 6.37. The Balaban J connectivity index is 2.22. The van der Waals surface area contributed by atoms with Gasteiger partial charge in [0.2, 0.25) is 0 Å². The Morgan fingerprint density at radius 2 is 2.21 bits per heavy atom. The highest BCUT2D eigenvalue weighted by Gasteiger charge is 2.31. The van der Waals surface area contributed by atoms with E-state index in [1.807, 2.05) is 0 Å². The minimum absolute atomic E-state index is 0.186. The van der Waals surface area contributed by atoms with Crippen molar-refractivity contribution in [2.45, 2.75) is 31.7 Å². The number of phenols is 1. The first-order valence-corrected chi connectivity index (χ1v) is 7.61. The molecular formula is C14H17BrFNO2. The highest BCUT2D eigenvalue weighted by atomic mass is 79.9. The Kier molecular flexibility index (Phi) is 4.80. The number of hydrogen-bond acceptors (Lipinski definition) is 2. The van der Waals surface area contributed by atoms with Crippen LogP contribution in [0.3, 0.4) is 0 Å². The summed E-state index contributed by atoms with van der Waals surface area (Å²) in [6.45, 7) is 0.586. The Hall–Kier alpha value is -1.10. The molecule has 1 aliphatic rings. The number of nitrogens with zero attached hydrogens (tertiary/aromatic N) is 1. The highest BCUT2D eigenvalue weighted by molar-refractivity contribution is 9.09. The van der Waals surface area contributed by atoms with Crippen LogP contribution in [-0.4, -0.2) is 33.8 Å². The summed E-state index contributed by atoms with van der Waals surface area (Å²) in [5.74, 6) is -1.34. The predicted octanol–water partition coefficient (Wildman–Crippen LogP) is 3.31. The molecule has 1 aromatic carbocycles. The number of phenolic OH excluding ortho intramolecular Hbond substituents is 1. The lowest BCUT2D eigenvalue weighted by atomic mass is 9.90. The molecule has 0 aliphatic heterocycles. The Bertz CT molecular complexity index is 443. The van der Waals surface area contributed by atoms with E-state index in [0.29, 0.717) is 6.54 Å². The molecule has 1 amide bonds. The fourth-order valence-corrected chi connectivity index (χ4v) is 2.50. The van der Waals surface area contributed by atoms with Crippen LogP contribution in [0.1, 0.15) is 36.0 Å². The van der Waals surface area contributed by atoms with Gasteiger partial charge < -0.3 is 10.0 Å². The van der Waals surface area contributed by atoms with Gasteiger partial charge in [-0.2, -0.15) is 0 Å². The monoisotopic (exact) mass is 329 g/mol. The summed E-state index contributed by atoms with van der Waals surface area (Å²) in [6, 6.07) is 4.13. The number of hydrogen-bond donors (Lipinski definition) is 1. The van der Waals surface area contributed by atoms with Gasteiger partial charge in [0.05, 0.1) is 0 Å². The average molecular weight is 330 g/mol. The van der Waals surface area contributed by atoms with Crippen molar-refractivity contribution in [3.63, 3.8) is 0 Å². The van der Waals surface area contributed by atoms with E-state index in [-0.39, 0.29) is 17.4 Å². The lowest BCUT2D eigenvalue weighted by Crippen LogP contribution is -2.45. The number of rotatable bonds is 5. The zero-order valence-corrected chi connectivity index (χ0v) is 12.2. The van der Waals surface area contributed by atoms with Crippen molar-refractivity contribution in [3.05, 3.63) is 29.6 Å². The van der Waals surface area contributed by atoms with E-state index in [1.165, 1.54) is 18.2 Å². The molecule has 0 radical (unpaired) electrons. The molecule has 1 N–H and O–H groups in total. The number of alkyl halides is 1. The molecule has 104 valence electrons. The van der Waals surface area contributed by atoms with Crippen LogP contribution in [-0.2, 0) is 0 Å². The molecule has 0 heterocycles. The second-order valence-corrected chi connectivity index (χ2v) is 5.55. The van der Waals surface area contributed by atoms with Gasteiger partial charge >= 0.3 is 0 Å². The molecular weight excluding hydrogens is 313 g/mol. The average Bonchev–Trinajstić information content (AvgIpc) is 2.31. The van der Waals surface area contributed by atoms with Crippen molar-refractivity contribution in [2.24, 2.45) is 0 Å². The molecule has 0 spiro atoms. The molecule has 0 saturated heterocycles. The number of amides is 1. The summed E-state index contributed by atoms with van der Waals surface area (Å²) in [4.78, 5) is 14.1. The summed E-state index contributed by atoms with van der Waals surface area (Å²) >= 11 is 3.34. The van der Waals surface area contributed by atoms with E-state index >= 15 is 0 Å². The second-order valence-electron chi connectivity index (χ2n) is 4.76. The molecule has 2 rings (SSSR count). The fourth-order valence-electron chi connectivity index (χ4n) is 2.25. The maximum atomic E-state index is 13.8. The first kappa shape index (κ1) is 14.3. The van der Waals surface area contributed by atoms with Crippen LogP contribution in [0.15, 0.2) is 18.2 Å². The van der Waals surface area contributed by atoms with Crippen LogP contribution >= 0.6 is 15.9 Å². The first-order valence-electron chi connectivity index (χ1n) is 6.49. The summed E-state index contributed by atoms with van der Waals surface area (Å²) < 4.78 is 13.8. The molecule has 1 aliphatic carbocycles. The normalized spacial score (nSPS) is 15.1. The molecule has 1 aromatic rings. The quantitative estimate of drug-likeness (QED) is 0.842. The number of carbonyl (C=O) groups is 1. The zero-order chi connectivity index (χ0) is 13.8. The van der Waals surface area contributed by atoms with Gasteiger partial charge in [0.1, 0.15) is 17.1 Å². The smallest absolute Gasteiger partial charge is 0.260 e. The molecule has 5 heteroatoms. The maximum Gasteiger partial charge on any atom is 0.260 e. The lowest BCUT2D eigenvalue weighted by Gasteiger charge is -2.37. The van der Waals surface area contributed by atoms with Gasteiger partial charge in [0.25, 0.3) is 5.91 Å². The van der Waals surface area contributed by atoms with Crippen LogP contribution in [0, 0.1) is 5.82 Å².